The molecule has 3 N–H and O–H groups in total. The van der Waals surface area contributed by atoms with Gasteiger partial charge >= 0.3 is 6.36 Å². The summed E-state index contributed by atoms with van der Waals surface area (Å²) >= 11 is 0. The van der Waals surface area contributed by atoms with E-state index in [1.165, 1.54) is 17.0 Å². The number of fused-ring (bicyclic) bond motifs is 1. The van der Waals surface area contributed by atoms with Gasteiger partial charge in [0.05, 0.1) is 35.0 Å². The average Bonchev–Trinajstić information content (AvgIpc) is 2.92. The van der Waals surface area contributed by atoms with Crippen LogP contribution in [0.3, 0.4) is 0 Å². The van der Waals surface area contributed by atoms with Crippen LogP contribution < -0.4 is 21.3 Å². The lowest BCUT2D eigenvalue weighted by Gasteiger charge is -2.21. The van der Waals surface area contributed by atoms with Crippen molar-refractivity contribution in [3.63, 3.8) is 0 Å². The molecule has 5 rings (SSSR count). The molecule has 0 unspecified atom stereocenters. The Labute approximate surface area is 224 Å². The second kappa shape index (κ2) is 10.3. The smallest absolute Gasteiger partial charge is 0.404 e. The molecule has 0 amide bonds. The molecule has 0 aliphatic heterocycles. The first kappa shape index (κ1) is 26.1. The summed E-state index contributed by atoms with van der Waals surface area (Å²) in [6.07, 6.45) is -1.35. The molecule has 3 heterocycles. The number of nitrogens with one attached hydrogen (secondary N) is 1. The molecule has 3 aromatic heterocycles. The van der Waals surface area contributed by atoms with Crippen LogP contribution in [0.2, 0.25) is 0 Å². The van der Waals surface area contributed by atoms with Crippen molar-refractivity contribution < 1.29 is 17.9 Å². The number of nitriles is 1. The normalized spacial score (nSPS) is 12.1. The Balaban J connectivity index is 1.71. The van der Waals surface area contributed by atoms with Crippen LogP contribution in [0.25, 0.3) is 27.7 Å². The summed E-state index contributed by atoms with van der Waals surface area (Å²) in [5.41, 5.74) is 6.73. The minimum Gasteiger partial charge on any atom is -0.404 e. The number of pyridine rings is 1. The number of nitrogens with zero attached hydrogens (tertiary/aromatic N) is 6. The van der Waals surface area contributed by atoms with Gasteiger partial charge in [-0.3, -0.25) is 14.3 Å². The zero-order valence-electron chi connectivity index (χ0n) is 20.7. The number of para-hydroxylation sites is 1. The minimum absolute atomic E-state index is 0.0457. The fourth-order valence-corrected chi connectivity index (χ4v) is 4.22. The van der Waals surface area contributed by atoms with Crippen molar-refractivity contribution in [2.45, 2.75) is 19.3 Å². The highest BCUT2D eigenvalue weighted by molar-refractivity contribution is 5.94. The van der Waals surface area contributed by atoms with Crippen LogP contribution in [0.1, 0.15) is 24.4 Å². The zero-order valence-corrected chi connectivity index (χ0v) is 20.7. The van der Waals surface area contributed by atoms with E-state index in [4.69, 9.17) is 10.7 Å². The number of alkyl halides is 3. The number of benzene rings is 2. The van der Waals surface area contributed by atoms with Crippen molar-refractivity contribution >= 4 is 22.7 Å². The molecule has 0 bridgehead atoms. The number of nitrogen functional groups attached to an aromatic ring is 1. The maximum atomic E-state index is 14.2. The van der Waals surface area contributed by atoms with Crippen LogP contribution in [0, 0.1) is 11.3 Å². The fraction of sp³-hybridized carbons (Fsp3) is 0.111. The molecule has 0 saturated carbocycles. The second-order valence-corrected chi connectivity index (χ2v) is 8.57. The van der Waals surface area contributed by atoms with Gasteiger partial charge in [-0.1, -0.05) is 30.3 Å². The van der Waals surface area contributed by atoms with Crippen molar-refractivity contribution in [1.82, 2.24) is 24.5 Å². The minimum atomic E-state index is -4.90. The molecule has 0 radical (unpaired) electrons. The van der Waals surface area contributed by atoms with E-state index in [0.29, 0.717) is 16.8 Å². The summed E-state index contributed by atoms with van der Waals surface area (Å²) in [5, 5.41) is 12.7. The molecule has 10 nitrogen and oxygen atoms in total. The molecule has 0 saturated heterocycles. The van der Waals surface area contributed by atoms with Gasteiger partial charge in [0, 0.05) is 11.8 Å². The quantitative estimate of drug-likeness (QED) is 0.309. The number of anilines is 2. The Kier molecular flexibility index (Phi) is 6.75. The van der Waals surface area contributed by atoms with Gasteiger partial charge in [-0.25, -0.2) is 9.97 Å². The molecule has 2 aromatic carbocycles. The predicted molar refractivity (Wildman–Crippen MR) is 140 cm³/mol. The number of nitrogens with two attached hydrogens (primary N) is 1. The molecular weight excluding hydrogens is 525 g/mol. The number of hydrogen-bond donors (Lipinski definition) is 2. The van der Waals surface area contributed by atoms with E-state index in [9.17, 15) is 23.2 Å². The monoisotopic (exact) mass is 544 g/mol. The molecule has 1 atom stereocenters. The molecule has 13 heteroatoms. The van der Waals surface area contributed by atoms with Crippen molar-refractivity contribution in [3.05, 3.63) is 94.9 Å². The van der Waals surface area contributed by atoms with Crippen LogP contribution in [0.4, 0.5) is 24.9 Å². The number of hydrogen-bond acceptors (Lipinski definition) is 9. The summed E-state index contributed by atoms with van der Waals surface area (Å²) in [7, 11) is 0. The number of ether oxygens (including phenoxy) is 1. The lowest BCUT2D eigenvalue weighted by molar-refractivity contribution is -0.274. The SMILES string of the molecule is C[C@@H](Nc1nc(N)ncc1C#N)c1nc2cccc(-c3cncc(OC(F)(F)F)c3)c2c(=O)n1-c1ccccc1. The first-order valence-electron chi connectivity index (χ1n) is 11.8. The van der Waals surface area contributed by atoms with Crippen LogP contribution in [0.15, 0.2) is 78.0 Å². The van der Waals surface area contributed by atoms with E-state index < -0.39 is 23.7 Å². The van der Waals surface area contributed by atoms with Gasteiger partial charge in [-0.15, -0.1) is 13.2 Å². The summed E-state index contributed by atoms with van der Waals surface area (Å²) in [6, 6.07) is 16.1. The zero-order chi connectivity index (χ0) is 28.4. The first-order valence-corrected chi connectivity index (χ1v) is 11.8. The number of aromatic nitrogens is 5. The molecule has 200 valence electrons. The Bertz CT molecular complexity index is 1820. The topological polar surface area (TPSA) is 145 Å². The standard InChI is InChI=1S/C27H19F3N8O2/c1-15(35-23-17(11-31)13-34-26(32)37-23)24-36-21-9-5-8-20(16-10-19(14-33-12-16)40-27(28,29)30)22(21)25(39)38(24)18-6-3-2-4-7-18/h2-10,12-15H,1H3,(H3,32,34,35,37)/t15-/m1/s1. The fourth-order valence-electron chi connectivity index (χ4n) is 4.22. The lowest BCUT2D eigenvalue weighted by atomic mass is 10.0. The predicted octanol–water partition coefficient (Wildman–Crippen LogP) is 4.76. The average molecular weight is 544 g/mol. The third-order valence-corrected chi connectivity index (χ3v) is 5.86. The van der Waals surface area contributed by atoms with Gasteiger partial charge in [0.2, 0.25) is 5.95 Å². The highest BCUT2D eigenvalue weighted by atomic mass is 19.4. The van der Waals surface area contributed by atoms with E-state index in [1.807, 2.05) is 6.07 Å². The molecular formula is C27H19F3N8O2. The highest BCUT2D eigenvalue weighted by Gasteiger charge is 2.31. The molecule has 40 heavy (non-hydrogen) atoms. The van der Waals surface area contributed by atoms with E-state index in [-0.39, 0.29) is 34.1 Å². The van der Waals surface area contributed by atoms with Gasteiger partial charge in [-0.05, 0) is 36.8 Å². The van der Waals surface area contributed by atoms with Gasteiger partial charge in [0.15, 0.2) is 0 Å². The summed E-state index contributed by atoms with van der Waals surface area (Å²) in [6.45, 7) is 1.73. The Hall–Kier alpha value is -5.51. The molecule has 0 aliphatic carbocycles. The van der Waals surface area contributed by atoms with E-state index in [1.54, 1.807) is 55.5 Å². The molecule has 5 aromatic rings. The largest absolute Gasteiger partial charge is 0.573 e. The van der Waals surface area contributed by atoms with Crippen molar-refractivity contribution in [2.75, 3.05) is 11.1 Å². The van der Waals surface area contributed by atoms with E-state index in [0.717, 1.165) is 12.3 Å². The summed E-state index contributed by atoms with van der Waals surface area (Å²) < 4.78 is 43.9. The first-order chi connectivity index (χ1) is 19.1. The number of halogens is 3. The van der Waals surface area contributed by atoms with Crippen molar-refractivity contribution in [1.29, 1.82) is 5.26 Å². The molecule has 0 aliphatic rings. The van der Waals surface area contributed by atoms with Crippen LogP contribution in [0.5, 0.6) is 5.75 Å². The number of rotatable bonds is 6. The molecule has 0 spiro atoms. The lowest BCUT2D eigenvalue weighted by Crippen LogP contribution is -2.28. The third kappa shape index (κ3) is 5.23. The van der Waals surface area contributed by atoms with Crippen LogP contribution in [-0.4, -0.2) is 30.9 Å². The molecule has 0 fully saturated rings. The maximum Gasteiger partial charge on any atom is 0.573 e. The van der Waals surface area contributed by atoms with E-state index in [2.05, 4.69) is 25.0 Å². The van der Waals surface area contributed by atoms with Gasteiger partial charge in [-0.2, -0.15) is 10.2 Å². The van der Waals surface area contributed by atoms with Crippen molar-refractivity contribution in [3.8, 4) is 28.6 Å². The van der Waals surface area contributed by atoms with E-state index >= 15 is 0 Å². The summed E-state index contributed by atoms with van der Waals surface area (Å²) in [4.78, 5) is 30.7. The van der Waals surface area contributed by atoms with Gasteiger partial charge in [0.25, 0.3) is 5.56 Å². The Morgan fingerprint density at radius 1 is 1.07 bits per heavy atom. The van der Waals surface area contributed by atoms with Gasteiger partial charge < -0.3 is 15.8 Å². The van der Waals surface area contributed by atoms with Gasteiger partial charge in [0.1, 0.15) is 29.0 Å². The van der Waals surface area contributed by atoms with Crippen molar-refractivity contribution in [2.24, 2.45) is 0 Å². The Morgan fingerprint density at radius 3 is 2.58 bits per heavy atom. The second-order valence-electron chi connectivity index (χ2n) is 8.57. The highest BCUT2D eigenvalue weighted by Crippen LogP contribution is 2.31. The Morgan fingerprint density at radius 2 is 1.85 bits per heavy atom. The third-order valence-electron chi connectivity index (χ3n) is 5.86. The van der Waals surface area contributed by atoms with Crippen LogP contribution in [-0.2, 0) is 0 Å². The van der Waals surface area contributed by atoms with Crippen LogP contribution >= 0.6 is 0 Å². The summed E-state index contributed by atoms with van der Waals surface area (Å²) in [5.74, 6) is -0.118. The maximum absolute atomic E-state index is 14.2.